The largest absolute Gasteiger partial charge is 0.318 e. The first kappa shape index (κ1) is 12.3. The van der Waals surface area contributed by atoms with Crippen molar-refractivity contribution in [2.45, 2.75) is 38.5 Å². The summed E-state index contributed by atoms with van der Waals surface area (Å²) in [5.74, 6) is 1.99. The molecule has 0 radical (unpaired) electrons. The summed E-state index contributed by atoms with van der Waals surface area (Å²) >= 11 is 0. The number of nitrogens with zero attached hydrogens (tertiary/aromatic N) is 1. The third-order valence-corrected chi connectivity index (χ3v) is 4.41. The Morgan fingerprint density at radius 2 is 1.50 bits per heavy atom. The minimum absolute atomic E-state index is 0.751. The smallest absolute Gasteiger partial charge is 0.0455 e. The Morgan fingerprint density at radius 3 is 2.06 bits per heavy atom. The van der Waals surface area contributed by atoms with E-state index in [1.165, 1.54) is 64.7 Å². The van der Waals surface area contributed by atoms with Crippen molar-refractivity contribution in [1.82, 2.24) is 10.2 Å². The van der Waals surface area contributed by atoms with Crippen LogP contribution in [0, 0.1) is 11.8 Å². The number of nitrogens with one attached hydrogen (secondary N) is 1. The second kappa shape index (κ2) is 6.58. The van der Waals surface area contributed by atoms with Crippen molar-refractivity contribution in [3.05, 3.63) is 0 Å². The van der Waals surface area contributed by atoms with Gasteiger partial charge in [0.2, 0.25) is 0 Å². The fourth-order valence-corrected chi connectivity index (χ4v) is 3.10. The molecule has 0 aromatic rings. The number of hydrogen-bond acceptors (Lipinski definition) is 3. The predicted molar refractivity (Wildman–Crippen MR) is 68.2 cm³/mol. The SMILES string of the molecule is NCN1CCC(CCC2CCNCC2)CC1. The summed E-state index contributed by atoms with van der Waals surface area (Å²) in [5.41, 5.74) is 5.66. The third-order valence-electron chi connectivity index (χ3n) is 4.41. The molecule has 0 amide bonds. The molecular formula is C13H27N3. The number of rotatable bonds is 4. The average Bonchev–Trinajstić information content (AvgIpc) is 2.38. The maximum absolute atomic E-state index is 5.66. The first-order chi connectivity index (χ1) is 7.88. The van der Waals surface area contributed by atoms with E-state index in [-0.39, 0.29) is 0 Å². The highest BCUT2D eigenvalue weighted by Gasteiger charge is 2.20. The van der Waals surface area contributed by atoms with Gasteiger partial charge >= 0.3 is 0 Å². The molecule has 0 aromatic carbocycles. The Bertz CT molecular complexity index is 182. The molecule has 0 spiro atoms. The van der Waals surface area contributed by atoms with Crippen LogP contribution in [0.2, 0.25) is 0 Å². The Hall–Kier alpha value is -0.120. The van der Waals surface area contributed by atoms with Crippen molar-refractivity contribution in [1.29, 1.82) is 0 Å². The molecule has 0 aliphatic carbocycles. The maximum Gasteiger partial charge on any atom is 0.0455 e. The molecule has 0 unspecified atom stereocenters. The zero-order chi connectivity index (χ0) is 11.2. The Balaban J connectivity index is 1.59. The standard InChI is InChI=1S/C13H27N3/c14-11-16-9-5-13(6-10-16)2-1-12-3-7-15-8-4-12/h12-13,15H,1-11,14H2. The van der Waals surface area contributed by atoms with Crippen LogP contribution in [0.25, 0.3) is 0 Å². The number of likely N-dealkylation sites (tertiary alicyclic amines) is 1. The lowest BCUT2D eigenvalue weighted by Gasteiger charge is -2.32. The highest BCUT2D eigenvalue weighted by atomic mass is 15.2. The van der Waals surface area contributed by atoms with E-state index in [9.17, 15) is 0 Å². The highest BCUT2D eigenvalue weighted by molar-refractivity contribution is 4.74. The van der Waals surface area contributed by atoms with Crippen LogP contribution < -0.4 is 11.1 Å². The van der Waals surface area contributed by atoms with Crippen LogP contribution in [0.4, 0.5) is 0 Å². The van der Waals surface area contributed by atoms with Crippen LogP contribution in [-0.2, 0) is 0 Å². The van der Waals surface area contributed by atoms with E-state index in [0.717, 1.165) is 18.5 Å². The molecule has 16 heavy (non-hydrogen) atoms. The lowest BCUT2D eigenvalue weighted by molar-refractivity contribution is 0.174. The van der Waals surface area contributed by atoms with Gasteiger partial charge in [-0.05, 0) is 63.7 Å². The second-order valence-electron chi connectivity index (χ2n) is 5.51. The lowest BCUT2D eigenvalue weighted by Crippen LogP contribution is -2.37. The Morgan fingerprint density at radius 1 is 0.938 bits per heavy atom. The summed E-state index contributed by atoms with van der Waals surface area (Å²) in [6.07, 6.45) is 8.49. The van der Waals surface area contributed by atoms with Crippen molar-refractivity contribution in [2.75, 3.05) is 32.8 Å². The van der Waals surface area contributed by atoms with E-state index in [1.807, 2.05) is 0 Å². The number of piperidine rings is 2. The van der Waals surface area contributed by atoms with Gasteiger partial charge in [-0.3, -0.25) is 4.90 Å². The average molecular weight is 225 g/mol. The van der Waals surface area contributed by atoms with Gasteiger partial charge in [-0.2, -0.15) is 0 Å². The molecule has 0 aromatic heterocycles. The molecule has 2 aliphatic heterocycles. The van der Waals surface area contributed by atoms with Gasteiger partial charge in [0.15, 0.2) is 0 Å². The van der Waals surface area contributed by atoms with Gasteiger partial charge < -0.3 is 11.1 Å². The van der Waals surface area contributed by atoms with E-state index in [0.29, 0.717) is 0 Å². The Labute approximate surface area is 99.8 Å². The maximum atomic E-state index is 5.66. The van der Waals surface area contributed by atoms with Gasteiger partial charge in [0.05, 0.1) is 0 Å². The van der Waals surface area contributed by atoms with E-state index in [2.05, 4.69) is 10.2 Å². The molecule has 94 valence electrons. The molecule has 2 rings (SSSR count). The molecule has 2 saturated heterocycles. The zero-order valence-corrected chi connectivity index (χ0v) is 10.5. The third kappa shape index (κ3) is 3.72. The molecule has 0 saturated carbocycles. The van der Waals surface area contributed by atoms with E-state index < -0.39 is 0 Å². The monoisotopic (exact) mass is 225 g/mol. The van der Waals surface area contributed by atoms with Gasteiger partial charge in [0, 0.05) is 6.67 Å². The van der Waals surface area contributed by atoms with Crippen molar-refractivity contribution in [2.24, 2.45) is 17.6 Å². The van der Waals surface area contributed by atoms with Crippen LogP contribution in [0.1, 0.15) is 38.5 Å². The highest BCUT2D eigenvalue weighted by Crippen LogP contribution is 2.26. The fraction of sp³-hybridized carbons (Fsp3) is 1.00. The summed E-state index contributed by atoms with van der Waals surface area (Å²) in [7, 11) is 0. The Kier molecular flexibility index (Phi) is 5.07. The van der Waals surface area contributed by atoms with Crippen LogP contribution in [0.15, 0.2) is 0 Å². The van der Waals surface area contributed by atoms with E-state index >= 15 is 0 Å². The van der Waals surface area contributed by atoms with Crippen LogP contribution in [0.5, 0.6) is 0 Å². The molecule has 0 bridgehead atoms. The van der Waals surface area contributed by atoms with Crippen molar-refractivity contribution < 1.29 is 0 Å². The lowest BCUT2D eigenvalue weighted by atomic mass is 9.86. The van der Waals surface area contributed by atoms with E-state index in [4.69, 9.17) is 5.73 Å². The molecule has 3 heteroatoms. The van der Waals surface area contributed by atoms with Gasteiger partial charge in [0.25, 0.3) is 0 Å². The minimum Gasteiger partial charge on any atom is -0.318 e. The summed E-state index contributed by atoms with van der Waals surface area (Å²) in [5, 5.41) is 3.45. The van der Waals surface area contributed by atoms with Crippen molar-refractivity contribution >= 4 is 0 Å². The van der Waals surface area contributed by atoms with Gasteiger partial charge in [0.1, 0.15) is 0 Å². The molecular weight excluding hydrogens is 198 g/mol. The summed E-state index contributed by atoms with van der Waals surface area (Å²) in [6, 6.07) is 0. The summed E-state index contributed by atoms with van der Waals surface area (Å²) in [4.78, 5) is 2.38. The quantitative estimate of drug-likeness (QED) is 0.760. The van der Waals surface area contributed by atoms with Gasteiger partial charge in [-0.1, -0.05) is 12.8 Å². The zero-order valence-electron chi connectivity index (χ0n) is 10.5. The van der Waals surface area contributed by atoms with Crippen molar-refractivity contribution in [3.63, 3.8) is 0 Å². The predicted octanol–water partition coefficient (Wildman–Crippen LogP) is 1.39. The van der Waals surface area contributed by atoms with E-state index in [1.54, 1.807) is 0 Å². The molecule has 0 atom stereocenters. The summed E-state index contributed by atoms with van der Waals surface area (Å²) < 4.78 is 0. The molecule has 2 aliphatic rings. The molecule has 2 heterocycles. The normalized spacial score (nSPS) is 26.1. The number of nitrogens with two attached hydrogens (primary N) is 1. The fourth-order valence-electron chi connectivity index (χ4n) is 3.10. The van der Waals surface area contributed by atoms with Crippen molar-refractivity contribution in [3.8, 4) is 0 Å². The minimum atomic E-state index is 0.751. The first-order valence-corrected chi connectivity index (χ1v) is 7.01. The topological polar surface area (TPSA) is 41.3 Å². The molecule has 3 N–H and O–H groups in total. The second-order valence-corrected chi connectivity index (χ2v) is 5.51. The van der Waals surface area contributed by atoms with Crippen LogP contribution in [-0.4, -0.2) is 37.7 Å². The molecule has 3 nitrogen and oxygen atoms in total. The number of hydrogen-bond donors (Lipinski definition) is 2. The van der Waals surface area contributed by atoms with Crippen LogP contribution >= 0.6 is 0 Å². The summed E-state index contributed by atoms with van der Waals surface area (Å²) in [6.45, 7) is 5.70. The first-order valence-electron chi connectivity index (χ1n) is 7.01. The van der Waals surface area contributed by atoms with Crippen LogP contribution in [0.3, 0.4) is 0 Å². The molecule has 2 fully saturated rings. The van der Waals surface area contributed by atoms with Gasteiger partial charge in [-0.15, -0.1) is 0 Å². The van der Waals surface area contributed by atoms with Gasteiger partial charge in [-0.25, -0.2) is 0 Å².